The van der Waals surface area contributed by atoms with Crippen molar-refractivity contribution in [2.45, 2.75) is 116 Å². The number of benzene rings is 3. The molecular formula is C45H59ClN5O8P. The van der Waals surface area contributed by atoms with Gasteiger partial charge in [-0.25, -0.2) is 9.36 Å². The summed E-state index contributed by atoms with van der Waals surface area (Å²) in [5, 5.41) is 11.0. The number of nitrogens with one attached hydrogen (secondary N) is 5. The molecule has 0 aliphatic carbocycles. The highest BCUT2D eigenvalue weighted by atomic mass is 35.5. The average Bonchev–Trinajstić information content (AvgIpc) is 3.81. The number of carbonyl (C=O) groups is 3. The first-order chi connectivity index (χ1) is 28.8. The molecule has 6 N–H and O–H groups in total. The van der Waals surface area contributed by atoms with E-state index >= 15 is 0 Å². The lowest BCUT2D eigenvalue weighted by atomic mass is 10.0. The Kier molecular flexibility index (Phi) is 17.5. The minimum atomic E-state index is -4.23. The monoisotopic (exact) mass is 863 g/mol. The maximum Gasteiger partial charge on any atom is 0.527 e. The fraction of sp³-hybridized carbons (Fsp3) is 0.444. The second-order valence-corrected chi connectivity index (χ2v) is 17.8. The van der Waals surface area contributed by atoms with Gasteiger partial charge < -0.3 is 35.2 Å². The van der Waals surface area contributed by atoms with Crippen molar-refractivity contribution in [2.75, 3.05) is 13.2 Å². The molecule has 0 saturated carbocycles. The molecule has 0 spiro atoms. The van der Waals surface area contributed by atoms with Crippen molar-refractivity contribution >= 4 is 59.1 Å². The summed E-state index contributed by atoms with van der Waals surface area (Å²) in [6.07, 6.45) is 11.3. The van der Waals surface area contributed by atoms with Crippen molar-refractivity contribution in [3.05, 3.63) is 101 Å². The van der Waals surface area contributed by atoms with Gasteiger partial charge in [0.15, 0.2) is 0 Å². The molecule has 3 amide bonds. The van der Waals surface area contributed by atoms with Gasteiger partial charge in [-0.15, -0.1) is 0 Å². The number of halogens is 1. The predicted octanol–water partition coefficient (Wildman–Crippen LogP) is 9.68. The van der Waals surface area contributed by atoms with Crippen LogP contribution >= 0.6 is 19.4 Å². The van der Waals surface area contributed by atoms with E-state index in [-0.39, 0.29) is 36.1 Å². The number of hydrogen-bond donors (Lipinski definition) is 6. The van der Waals surface area contributed by atoms with Crippen molar-refractivity contribution in [2.24, 2.45) is 0 Å². The first-order valence-electron chi connectivity index (χ1n) is 20.9. The van der Waals surface area contributed by atoms with Crippen molar-refractivity contribution in [3.63, 3.8) is 0 Å². The molecule has 1 unspecified atom stereocenters. The third-order valence-corrected chi connectivity index (χ3v) is 11.2. The zero-order valence-corrected chi connectivity index (χ0v) is 36.4. The number of unbranched alkanes of at least 4 members (excludes halogenated alkanes) is 9. The van der Waals surface area contributed by atoms with Crippen LogP contribution in [0.15, 0.2) is 85.1 Å². The minimum Gasteiger partial charge on any atom is -0.444 e. The number of aromatic amines is 2. The first-order valence-corrected chi connectivity index (χ1v) is 22.7. The van der Waals surface area contributed by atoms with Crippen LogP contribution in [0.5, 0.6) is 5.75 Å². The molecule has 0 aliphatic rings. The lowest BCUT2D eigenvalue weighted by Gasteiger charge is -2.25. The van der Waals surface area contributed by atoms with Crippen molar-refractivity contribution in [1.29, 1.82) is 0 Å². The third kappa shape index (κ3) is 15.3. The average molecular weight is 864 g/mol. The summed E-state index contributed by atoms with van der Waals surface area (Å²) < 4.78 is 27.9. The summed E-state index contributed by atoms with van der Waals surface area (Å²) in [5.41, 5.74) is 2.72. The summed E-state index contributed by atoms with van der Waals surface area (Å²) >= 11 is 5.99. The number of alkyl carbamates (subject to hydrolysis) is 1. The summed E-state index contributed by atoms with van der Waals surface area (Å²) in [6, 6.07) is 22.1. The zero-order valence-electron chi connectivity index (χ0n) is 34.8. The molecule has 13 nitrogen and oxygen atoms in total. The van der Waals surface area contributed by atoms with Crippen LogP contribution in [0, 0.1) is 0 Å². The van der Waals surface area contributed by atoms with Gasteiger partial charge in [-0.05, 0) is 74.9 Å². The Morgan fingerprint density at radius 1 is 0.767 bits per heavy atom. The van der Waals surface area contributed by atoms with Crippen LogP contribution in [0.1, 0.15) is 96.2 Å². The number of aromatic nitrogens is 2. The van der Waals surface area contributed by atoms with E-state index in [0.29, 0.717) is 13.0 Å². The second-order valence-electron chi connectivity index (χ2n) is 16.1. The van der Waals surface area contributed by atoms with Gasteiger partial charge in [0.1, 0.15) is 23.4 Å². The van der Waals surface area contributed by atoms with E-state index in [0.717, 1.165) is 90.9 Å². The predicted molar refractivity (Wildman–Crippen MR) is 236 cm³/mol. The Hall–Kier alpha value is -4.81. The van der Waals surface area contributed by atoms with E-state index < -0.39 is 37.5 Å². The van der Waals surface area contributed by atoms with Crippen molar-refractivity contribution in [1.82, 2.24) is 25.9 Å². The topological polar surface area (TPSA) is 184 Å². The summed E-state index contributed by atoms with van der Waals surface area (Å²) in [5.74, 6) is -0.681. The largest absolute Gasteiger partial charge is 0.527 e. The van der Waals surface area contributed by atoms with Crippen molar-refractivity contribution in [3.8, 4) is 5.75 Å². The standard InChI is InChI=1S/C45H59ClN5O8P/c1-45(2,3)58-44(54)51-40(30-34-28-32-20-12-15-23-37(32)49-34)43(53)50-39(29-33-31-48-38-24-16-13-21-35(33)38)42(52)47-26-18-10-8-6-4-5-7-9-11-19-27-57-60(55,56)59-41-25-17-14-22-36(41)46/h12-17,20-25,28,31,39-40,48-49H,4-11,18-19,26-27,29-30H2,1-3H3,(H,47,52)(H,50,53)(H,51,54)(H,55,56)/t39-,40-/m1/s1. The van der Waals surface area contributed by atoms with Crippen LogP contribution in [0.3, 0.4) is 0 Å². The Labute approximate surface area is 357 Å². The SMILES string of the molecule is CC(C)(C)OC(=O)N[C@H](Cc1cc2ccccc2[nH]1)C(=O)N[C@H](Cc1c[nH]c2ccccc12)C(=O)NCCCCCCCCCCCCOP(=O)(O)Oc1ccccc1Cl. The highest BCUT2D eigenvalue weighted by Gasteiger charge is 2.30. The maximum absolute atomic E-state index is 14.0. The quantitative estimate of drug-likeness (QED) is 0.0262. The molecule has 0 saturated heterocycles. The molecule has 5 aromatic rings. The molecule has 5 rings (SSSR count). The Morgan fingerprint density at radius 3 is 2.08 bits per heavy atom. The van der Waals surface area contributed by atoms with Crippen LogP contribution < -0.4 is 20.5 Å². The number of H-pyrrole nitrogens is 2. The van der Waals surface area contributed by atoms with Crippen LogP contribution in [0.2, 0.25) is 5.02 Å². The van der Waals surface area contributed by atoms with Gasteiger partial charge in [-0.2, -0.15) is 0 Å². The van der Waals surface area contributed by atoms with E-state index in [1.165, 1.54) is 6.07 Å². The summed E-state index contributed by atoms with van der Waals surface area (Å²) in [7, 11) is -4.23. The van der Waals surface area contributed by atoms with Crippen LogP contribution in [0.25, 0.3) is 21.8 Å². The highest BCUT2D eigenvalue weighted by molar-refractivity contribution is 7.47. The smallest absolute Gasteiger partial charge is 0.444 e. The van der Waals surface area contributed by atoms with Crippen molar-refractivity contribution < 1.29 is 37.6 Å². The number of fused-ring (bicyclic) bond motifs is 2. The van der Waals surface area contributed by atoms with Crippen LogP contribution in [-0.2, 0) is 36.3 Å². The lowest BCUT2D eigenvalue weighted by Crippen LogP contribution is -2.55. The molecule has 0 fully saturated rings. The molecule has 3 aromatic carbocycles. The molecule has 0 radical (unpaired) electrons. The van der Waals surface area contributed by atoms with Gasteiger partial charge in [0.2, 0.25) is 11.8 Å². The number of ether oxygens (including phenoxy) is 1. The number of phosphoric acid groups is 1. The number of hydrogen-bond acceptors (Lipinski definition) is 7. The summed E-state index contributed by atoms with van der Waals surface area (Å²) in [4.78, 5) is 57.3. The first kappa shape index (κ1) is 46.3. The second kappa shape index (κ2) is 22.7. The van der Waals surface area contributed by atoms with E-state index in [2.05, 4.69) is 25.9 Å². The Bertz CT molecular complexity index is 2170. The van der Waals surface area contributed by atoms with Gasteiger partial charge in [0, 0.05) is 47.7 Å². The van der Waals surface area contributed by atoms with Crippen LogP contribution in [-0.4, -0.2) is 63.6 Å². The number of rotatable bonds is 24. The van der Waals surface area contributed by atoms with Gasteiger partial charge in [0.25, 0.3) is 0 Å². The zero-order chi connectivity index (χ0) is 43.0. The molecule has 3 atom stereocenters. The van der Waals surface area contributed by atoms with Crippen LogP contribution in [0.4, 0.5) is 4.79 Å². The molecule has 60 heavy (non-hydrogen) atoms. The highest BCUT2D eigenvalue weighted by Crippen LogP contribution is 2.45. The van der Waals surface area contributed by atoms with Gasteiger partial charge in [-0.1, -0.05) is 111 Å². The van der Waals surface area contributed by atoms with E-state index in [4.69, 9.17) is 25.4 Å². The Balaban J connectivity index is 1.05. The number of amides is 3. The van der Waals surface area contributed by atoms with Gasteiger partial charge in [0.05, 0.1) is 11.6 Å². The molecule has 324 valence electrons. The number of phosphoric ester groups is 1. The molecular weight excluding hydrogens is 805 g/mol. The Morgan fingerprint density at radius 2 is 1.38 bits per heavy atom. The lowest BCUT2D eigenvalue weighted by molar-refractivity contribution is -0.130. The number of para-hydroxylation sites is 3. The van der Waals surface area contributed by atoms with E-state index in [1.807, 2.05) is 60.8 Å². The third-order valence-electron chi connectivity index (χ3n) is 9.92. The number of carbonyl (C=O) groups excluding carboxylic acids is 3. The normalized spacial score (nSPS) is 13.7. The molecule has 2 heterocycles. The van der Waals surface area contributed by atoms with Gasteiger partial charge >= 0.3 is 13.9 Å². The van der Waals surface area contributed by atoms with E-state index in [9.17, 15) is 23.8 Å². The molecule has 15 heteroatoms. The fourth-order valence-electron chi connectivity index (χ4n) is 6.95. The fourth-order valence-corrected chi connectivity index (χ4v) is 8.00. The molecule has 0 bridgehead atoms. The summed E-state index contributed by atoms with van der Waals surface area (Å²) in [6.45, 7) is 5.87. The maximum atomic E-state index is 14.0. The molecule has 2 aromatic heterocycles. The minimum absolute atomic E-state index is 0.112. The van der Waals surface area contributed by atoms with Gasteiger partial charge in [-0.3, -0.25) is 19.0 Å². The van der Waals surface area contributed by atoms with E-state index in [1.54, 1.807) is 39.0 Å². The molecule has 0 aliphatic heterocycles.